The fraction of sp³-hybridized carbons (Fsp3) is 0. The van der Waals surface area contributed by atoms with Gasteiger partial charge in [-0.15, -0.1) is 0 Å². The van der Waals surface area contributed by atoms with Gasteiger partial charge >= 0.3 is 0 Å². The van der Waals surface area contributed by atoms with E-state index in [4.69, 9.17) is 0 Å². The van der Waals surface area contributed by atoms with Crippen molar-refractivity contribution < 1.29 is 0 Å². The van der Waals surface area contributed by atoms with E-state index in [0.717, 1.165) is 0 Å². The van der Waals surface area contributed by atoms with Gasteiger partial charge in [-0.2, -0.15) is 0 Å². The van der Waals surface area contributed by atoms with Crippen molar-refractivity contribution in [3.05, 3.63) is 218 Å². The van der Waals surface area contributed by atoms with Gasteiger partial charge in [-0.1, -0.05) is 212 Å². The molecule has 13 aromatic carbocycles. The molecule has 0 fully saturated rings. The Bertz CT molecular complexity index is 3660. The molecule has 0 saturated carbocycles. The van der Waals surface area contributed by atoms with Crippen LogP contribution in [0.4, 0.5) is 0 Å². The van der Waals surface area contributed by atoms with Crippen LogP contribution in [0.1, 0.15) is 0 Å². The van der Waals surface area contributed by atoms with Gasteiger partial charge < -0.3 is 0 Å². The molecular formula is C60H36. The van der Waals surface area contributed by atoms with Crippen LogP contribution in [0.2, 0.25) is 0 Å². The standard InChI is InChI=1S/C60H36/c1-3-16-37(17-4-1)56-51-34-30-39-20-15-21-40-31-35-52(59(51)54(39)40)57(38-18-5-2-6-19-38)60(56)58-49-28-13-11-26-47(49)55(48-27-12-14-29-50(48)58)41-32-33-46-44-24-8-7-22-42(44)43-23-9-10-25-45(43)53(46)36-41/h1-36H. The minimum atomic E-state index is 1.22. The molecular weight excluding hydrogens is 721 g/mol. The van der Waals surface area contributed by atoms with Gasteiger partial charge in [0.15, 0.2) is 0 Å². The zero-order valence-electron chi connectivity index (χ0n) is 32.8. The summed E-state index contributed by atoms with van der Waals surface area (Å²) in [7, 11) is 0. The van der Waals surface area contributed by atoms with Crippen molar-refractivity contribution in [2.45, 2.75) is 0 Å². The third-order valence-electron chi connectivity index (χ3n) is 13.2. The number of hydrogen-bond acceptors (Lipinski definition) is 0. The Labute approximate surface area is 347 Å². The molecule has 0 aliphatic carbocycles. The highest BCUT2D eigenvalue weighted by molar-refractivity contribution is 6.34. The molecule has 0 N–H and O–H groups in total. The molecule has 13 aromatic rings. The lowest BCUT2D eigenvalue weighted by molar-refractivity contribution is 1.62. The normalized spacial score (nSPS) is 12.0. The summed E-state index contributed by atoms with van der Waals surface area (Å²) in [4.78, 5) is 0. The van der Waals surface area contributed by atoms with E-state index in [-0.39, 0.29) is 0 Å². The summed E-state index contributed by atoms with van der Waals surface area (Å²) in [6.45, 7) is 0. The van der Waals surface area contributed by atoms with Gasteiger partial charge in [0.2, 0.25) is 0 Å². The fourth-order valence-electron chi connectivity index (χ4n) is 10.7. The van der Waals surface area contributed by atoms with Crippen LogP contribution >= 0.6 is 0 Å². The van der Waals surface area contributed by atoms with Crippen LogP contribution in [0.15, 0.2) is 218 Å². The van der Waals surface area contributed by atoms with Crippen LogP contribution in [0.25, 0.3) is 131 Å². The molecule has 0 radical (unpaired) electrons. The third kappa shape index (κ3) is 4.68. The first kappa shape index (κ1) is 33.2. The Morgan fingerprint density at radius 2 is 0.550 bits per heavy atom. The minimum absolute atomic E-state index is 1.22. The van der Waals surface area contributed by atoms with E-state index in [0.29, 0.717) is 0 Å². The largest absolute Gasteiger partial charge is 0.0622 e. The first-order valence-electron chi connectivity index (χ1n) is 20.9. The lowest BCUT2D eigenvalue weighted by atomic mass is 9.76. The highest BCUT2D eigenvalue weighted by atomic mass is 14.3. The summed E-state index contributed by atoms with van der Waals surface area (Å²) in [5, 5.41) is 20.5. The second-order valence-electron chi connectivity index (χ2n) is 16.2. The molecule has 60 heavy (non-hydrogen) atoms. The van der Waals surface area contributed by atoms with E-state index in [1.807, 2.05) is 0 Å². The number of fused-ring (bicyclic) bond motifs is 8. The summed E-state index contributed by atoms with van der Waals surface area (Å²) in [5.41, 5.74) is 10.0. The van der Waals surface area contributed by atoms with Crippen molar-refractivity contribution in [3.63, 3.8) is 0 Å². The van der Waals surface area contributed by atoms with Gasteiger partial charge in [0.25, 0.3) is 0 Å². The summed E-state index contributed by atoms with van der Waals surface area (Å²) in [5.74, 6) is 0. The molecule has 0 saturated heterocycles. The van der Waals surface area contributed by atoms with Crippen LogP contribution in [-0.4, -0.2) is 0 Å². The SMILES string of the molecule is c1ccc(-c2c(-c3c4ccccc4c(-c4ccc5c6ccccc6c6ccccc6c5c4)c4ccccc34)c(-c3ccccc3)c3ccc4cccc5ccc2c3c54)cc1. The maximum absolute atomic E-state index is 2.45. The average Bonchev–Trinajstić information content (AvgIpc) is 3.32. The highest BCUT2D eigenvalue weighted by Gasteiger charge is 2.27. The van der Waals surface area contributed by atoms with E-state index >= 15 is 0 Å². The lowest BCUT2D eigenvalue weighted by Gasteiger charge is -2.26. The van der Waals surface area contributed by atoms with Gasteiger partial charge in [0.05, 0.1) is 0 Å². The van der Waals surface area contributed by atoms with Crippen LogP contribution in [0.3, 0.4) is 0 Å². The smallest absolute Gasteiger partial charge is 0.000182 e. The second kappa shape index (κ2) is 12.9. The fourth-order valence-corrected chi connectivity index (χ4v) is 10.7. The van der Waals surface area contributed by atoms with E-state index in [1.54, 1.807) is 0 Å². The Hall–Kier alpha value is -7.80. The van der Waals surface area contributed by atoms with Crippen LogP contribution in [-0.2, 0) is 0 Å². The van der Waals surface area contributed by atoms with Crippen molar-refractivity contribution in [2.75, 3.05) is 0 Å². The molecule has 0 spiro atoms. The Balaban J connectivity index is 1.22. The van der Waals surface area contributed by atoms with Gasteiger partial charge in [-0.25, -0.2) is 0 Å². The van der Waals surface area contributed by atoms with E-state index in [9.17, 15) is 0 Å². The summed E-state index contributed by atoms with van der Waals surface area (Å²) in [6.07, 6.45) is 0. The first-order chi connectivity index (χ1) is 29.8. The molecule has 0 heteroatoms. The molecule has 0 amide bonds. The molecule has 13 rings (SSSR count). The van der Waals surface area contributed by atoms with E-state index in [2.05, 4.69) is 218 Å². The molecule has 0 unspecified atom stereocenters. The number of rotatable bonds is 4. The Kier molecular flexibility index (Phi) is 7.11. The highest BCUT2D eigenvalue weighted by Crippen LogP contribution is 2.55. The van der Waals surface area contributed by atoms with Crippen molar-refractivity contribution in [1.29, 1.82) is 0 Å². The zero-order chi connectivity index (χ0) is 39.3. The maximum Gasteiger partial charge on any atom is -0.000182 e. The number of benzene rings is 13. The quantitative estimate of drug-likeness (QED) is 0.124. The van der Waals surface area contributed by atoms with Crippen molar-refractivity contribution >= 4 is 86.2 Å². The van der Waals surface area contributed by atoms with E-state index in [1.165, 1.54) is 131 Å². The van der Waals surface area contributed by atoms with Crippen LogP contribution in [0, 0.1) is 0 Å². The summed E-state index contributed by atoms with van der Waals surface area (Å²) in [6, 6.07) is 81.5. The molecule has 0 aliphatic heterocycles. The first-order valence-corrected chi connectivity index (χ1v) is 20.9. The minimum Gasteiger partial charge on any atom is -0.0622 e. The van der Waals surface area contributed by atoms with Crippen molar-refractivity contribution in [2.24, 2.45) is 0 Å². The molecule has 0 bridgehead atoms. The second-order valence-corrected chi connectivity index (χ2v) is 16.2. The summed E-state index contributed by atoms with van der Waals surface area (Å²) >= 11 is 0. The van der Waals surface area contributed by atoms with Crippen LogP contribution in [0.5, 0.6) is 0 Å². The predicted octanol–water partition coefficient (Wildman–Crippen LogP) is 17.0. The Morgan fingerprint density at radius 1 is 0.167 bits per heavy atom. The molecule has 276 valence electrons. The summed E-state index contributed by atoms with van der Waals surface area (Å²) < 4.78 is 0. The molecule has 0 heterocycles. The van der Waals surface area contributed by atoms with E-state index < -0.39 is 0 Å². The molecule has 0 aromatic heterocycles. The van der Waals surface area contributed by atoms with Gasteiger partial charge in [-0.05, 0) is 137 Å². The lowest BCUT2D eigenvalue weighted by Crippen LogP contribution is -1.98. The third-order valence-corrected chi connectivity index (χ3v) is 13.2. The number of hydrogen-bond donors (Lipinski definition) is 0. The maximum atomic E-state index is 2.45. The van der Waals surface area contributed by atoms with Crippen LogP contribution < -0.4 is 0 Å². The topological polar surface area (TPSA) is 0 Å². The van der Waals surface area contributed by atoms with Crippen molar-refractivity contribution in [3.8, 4) is 44.5 Å². The van der Waals surface area contributed by atoms with Gasteiger partial charge in [-0.3, -0.25) is 0 Å². The zero-order valence-corrected chi connectivity index (χ0v) is 32.8. The van der Waals surface area contributed by atoms with Gasteiger partial charge in [0.1, 0.15) is 0 Å². The van der Waals surface area contributed by atoms with Gasteiger partial charge in [0, 0.05) is 0 Å². The van der Waals surface area contributed by atoms with Crippen molar-refractivity contribution in [1.82, 2.24) is 0 Å². The average molecular weight is 757 g/mol. The molecule has 0 atom stereocenters. The molecule has 0 nitrogen and oxygen atoms in total. The monoisotopic (exact) mass is 756 g/mol. The predicted molar refractivity (Wildman–Crippen MR) is 259 cm³/mol. The Morgan fingerprint density at radius 3 is 1.03 bits per heavy atom. The molecule has 0 aliphatic rings.